The zero-order valence-electron chi connectivity index (χ0n) is 23.8. The number of pyridine rings is 1. The number of halogens is 9. The maximum Gasteiger partial charge on any atom is 0.490 e. The monoisotopic (exact) mass is 687 g/mol. The minimum Gasteiger partial charge on any atom is -0.481 e. The van der Waals surface area contributed by atoms with Crippen molar-refractivity contribution in [3.8, 4) is 5.88 Å². The highest BCUT2D eigenvalue weighted by Gasteiger charge is 2.53. The van der Waals surface area contributed by atoms with E-state index < -0.39 is 47.8 Å². The van der Waals surface area contributed by atoms with Crippen LogP contribution in [0, 0.1) is 11.3 Å². The number of rotatable bonds is 6. The summed E-state index contributed by atoms with van der Waals surface area (Å²) in [4.78, 5) is 47.7. The van der Waals surface area contributed by atoms with Crippen LogP contribution in [0.1, 0.15) is 18.4 Å². The van der Waals surface area contributed by atoms with E-state index in [1.54, 1.807) is 13.3 Å². The van der Waals surface area contributed by atoms with Crippen molar-refractivity contribution in [2.75, 3.05) is 39.8 Å². The summed E-state index contributed by atoms with van der Waals surface area (Å²) in [6.45, 7) is 8.43. The van der Waals surface area contributed by atoms with Crippen LogP contribution in [0.25, 0.3) is 0 Å². The molecule has 1 aromatic rings. The van der Waals surface area contributed by atoms with E-state index in [9.17, 15) is 49.4 Å². The topological polar surface area (TPSA) is 178 Å². The lowest BCUT2D eigenvalue weighted by molar-refractivity contribution is -0.193. The third kappa shape index (κ3) is 13.9. The summed E-state index contributed by atoms with van der Waals surface area (Å²) in [6, 6.07) is 3.94. The van der Waals surface area contributed by atoms with Crippen molar-refractivity contribution in [2.24, 2.45) is 11.3 Å². The lowest BCUT2D eigenvalue weighted by Crippen LogP contribution is -2.41. The standard InChI is InChI=1S/C19H27N3O3.3C2HF3O2/c1-3-9-22-13-16-12-21(10-5-7-19(16,14-22)18(23)24)11-15-6-4-8-20-17(15)25-2;3*3-2(4,5)1(6)7/h3-4,6,8,16H,1,5,7,9-14H2,2H3,(H,23,24);3*(H,6,7)/t16-,19-;;;/m0.../s1. The van der Waals surface area contributed by atoms with Crippen LogP contribution in [0.3, 0.4) is 0 Å². The highest BCUT2D eigenvalue weighted by atomic mass is 19.4. The number of hydrogen-bond acceptors (Lipinski definition) is 8. The van der Waals surface area contributed by atoms with Crippen molar-refractivity contribution < 1.29 is 83.9 Å². The molecule has 0 radical (unpaired) electrons. The molecule has 0 amide bonds. The SMILES string of the molecule is C=CCN1C[C@@H]2CN(Cc3cccnc3OC)CCC[C@]2(C(=O)O)C1.O=C(O)C(F)(F)F.O=C(O)C(F)(F)F.O=C(O)C(F)(F)F. The number of likely N-dealkylation sites (tertiary alicyclic amines) is 2. The summed E-state index contributed by atoms with van der Waals surface area (Å²) in [5, 5.41) is 31.3. The van der Waals surface area contributed by atoms with Crippen LogP contribution in [-0.2, 0) is 25.7 Å². The van der Waals surface area contributed by atoms with E-state index in [-0.39, 0.29) is 5.92 Å². The minimum absolute atomic E-state index is 0.134. The van der Waals surface area contributed by atoms with Crippen LogP contribution in [0.15, 0.2) is 31.0 Å². The number of alkyl halides is 9. The van der Waals surface area contributed by atoms with Crippen molar-refractivity contribution in [1.82, 2.24) is 14.8 Å². The van der Waals surface area contributed by atoms with Crippen molar-refractivity contribution in [2.45, 2.75) is 37.9 Å². The highest BCUT2D eigenvalue weighted by Crippen LogP contribution is 2.43. The molecule has 0 unspecified atom stereocenters. The van der Waals surface area contributed by atoms with Gasteiger partial charge in [-0.3, -0.25) is 14.6 Å². The Bertz CT molecular complexity index is 1140. The molecule has 0 aromatic carbocycles. The average molecular weight is 688 g/mol. The number of carbonyl (C=O) groups is 4. The molecule has 21 heteroatoms. The van der Waals surface area contributed by atoms with Gasteiger partial charge in [-0.1, -0.05) is 12.1 Å². The Kier molecular flexibility index (Phi) is 15.9. The van der Waals surface area contributed by atoms with Gasteiger partial charge in [0.1, 0.15) is 0 Å². The quantitative estimate of drug-likeness (QED) is 0.252. The molecule has 12 nitrogen and oxygen atoms in total. The predicted octanol–water partition coefficient (Wildman–Crippen LogP) is 3.77. The van der Waals surface area contributed by atoms with E-state index in [0.29, 0.717) is 12.4 Å². The number of hydrogen-bond donors (Lipinski definition) is 4. The third-order valence-electron chi connectivity index (χ3n) is 6.32. The first-order valence-corrected chi connectivity index (χ1v) is 12.6. The van der Waals surface area contributed by atoms with Gasteiger partial charge in [0.2, 0.25) is 5.88 Å². The number of aromatic nitrogens is 1. The van der Waals surface area contributed by atoms with E-state index in [2.05, 4.69) is 21.4 Å². The van der Waals surface area contributed by atoms with E-state index in [0.717, 1.165) is 51.1 Å². The Morgan fingerprint density at radius 2 is 1.39 bits per heavy atom. The van der Waals surface area contributed by atoms with Gasteiger partial charge < -0.3 is 25.2 Å². The summed E-state index contributed by atoms with van der Waals surface area (Å²) in [5.74, 6) is -8.14. The summed E-state index contributed by atoms with van der Waals surface area (Å²) in [7, 11) is 1.63. The van der Waals surface area contributed by atoms with Crippen molar-refractivity contribution >= 4 is 23.9 Å². The largest absolute Gasteiger partial charge is 0.490 e. The molecule has 4 N–H and O–H groups in total. The summed E-state index contributed by atoms with van der Waals surface area (Å²) in [6.07, 6.45) is -10.0. The summed E-state index contributed by atoms with van der Waals surface area (Å²) < 4.78 is 101. The van der Waals surface area contributed by atoms with Crippen LogP contribution in [-0.4, -0.2) is 117 Å². The van der Waals surface area contributed by atoms with Gasteiger partial charge in [0, 0.05) is 50.4 Å². The van der Waals surface area contributed by atoms with Gasteiger partial charge in [0.15, 0.2) is 0 Å². The Balaban J connectivity index is 0.000000786. The fourth-order valence-corrected chi connectivity index (χ4v) is 4.40. The maximum absolute atomic E-state index is 12.1. The van der Waals surface area contributed by atoms with Gasteiger partial charge in [0.05, 0.1) is 12.5 Å². The van der Waals surface area contributed by atoms with Crippen LogP contribution in [0.2, 0.25) is 0 Å². The average Bonchev–Trinajstić information content (AvgIpc) is 3.16. The lowest BCUT2D eigenvalue weighted by atomic mass is 9.75. The summed E-state index contributed by atoms with van der Waals surface area (Å²) in [5.41, 5.74) is 0.422. The Morgan fingerprint density at radius 3 is 1.78 bits per heavy atom. The number of aliphatic carboxylic acids is 4. The number of nitrogens with zero attached hydrogens (tertiary/aromatic N) is 3. The van der Waals surface area contributed by atoms with Crippen molar-refractivity contribution in [1.29, 1.82) is 0 Å². The van der Waals surface area contributed by atoms with Gasteiger partial charge in [-0.15, -0.1) is 6.58 Å². The molecule has 3 heterocycles. The molecule has 0 bridgehead atoms. The van der Waals surface area contributed by atoms with Gasteiger partial charge in [-0.25, -0.2) is 19.4 Å². The molecule has 46 heavy (non-hydrogen) atoms. The van der Waals surface area contributed by atoms with Crippen LogP contribution < -0.4 is 4.74 Å². The molecule has 2 atom stereocenters. The molecule has 0 saturated carbocycles. The van der Waals surface area contributed by atoms with Crippen molar-refractivity contribution in [3.63, 3.8) is 0 Å². The first kappa shape index (κ1) is 41.9. The second-order valence-corrected chi connectivity index (χ2v) is 9.56. The molecule has 1 aromatic heterocycles. The smallest absolute Gasteiger partial charge is 0.481 e. The molecule has 262 valence electrons. The lowest BCUT2D eigenvalue weighted by Gasteiger charge is -2.29. The number of carboxylic acids is 4. The molecule has 2 saturated heterocycles. The highest BCUT2D eigenvalue weighted by molar-refractivity contribution is 5.76. The molecule has 2 aliphatic rings. The van der Waals surface area contributed by atoms with Crippen LogP contribution in [0.4, 0.5) is 39.5 Å². The molecular weight excluding hydrogens is 657 g/mol. The second kappa shape index (κ2) is 17.5. The molecule has 2 fully saturated rings. The van der Waals surface area contributed by atoms with E-state index in [4.69, 9.17) is 34.4 Å². The molecular formula is C25H30F9N3O9. The molecule has 2 aliphatic heterocycles. The van der Waals surface area contributed by atoms with Gasteiger partial charge in [-0.2, -0.15) is 39.5 Å². The first-order chi connectivity index (χ1) is 20.9. The van der Waals surface area contributed by atoms with Crippen molar-refractivity contribution in [3.05, 3.63) is 36.5 Å². The Hall–Kier alpha value is -4.14. The van der Waals surface area contributed by atoms with Gasteiger partial charge in [0.25, 0.3) is 0 Å². The predicted molar refractivity (Wildman–Crippen MR) is 137 cm³/mol. The van der Waals surface area contributed by atoms with Gasteiger partial charge in [-0.05, 0) is 25.5 Å². The van der Waals surface area contributed by atoms with E-state index in [1.807, 2.05) is 18.2 Å². The number of methoxy groups -OCH3 is 1. The number of ether oxygens (including phenoxy) is 1. The molecule has 3 rings (SSSR count). The fraction of sp³-hybridized carbons (Fsp3) is 0.560. The molecule has 0 spiro atoms. The Labute approximate surface area is 254 Å². The van der Waals surface area contributed by atoms with Crippen LogP contribution >= 0.6 is 0 Å². The van der Waals surface area contributed by atoms with E-state index in [1.165, 1.54) is 0 Å². The van der Waals surface area contributed by atoms with Gasteiger partial charge >= 0.3 is 42.4 Å². The number of carboxylic acid groups (broad SMARTS) is 4. The minimum atomic E-state index is -5.08. The maximum atomic E-state index is 12.1. The van der Waals surface area contributed by atoms with Crippen LogP contribution in [0.5, 0.6) is 5.88 Å². The molecule has 0 aliphatic carbocycles. The van der Waals surface area contributed by atoms with E-state index >= 15 is 0 Å². The first-order valence-electron chi connectivity index (χ1n) is 12.6. The summed E-state index contributed by atoms with van der Waals surface area (Å²) >= 11 is 0. The third-order valence-corrected chi connectivity index (χ3v) is 6.32. The zero-order chi connectivity index (χ0) is 36.1. The number of fused-ring (bicyclic) bond motifs is 1. The fourth-order valence-electron chi connectivity index (χ4n) is 4.40. The normalized spacial score (nSPS) is 20.1. The zero-order valence-corrected chi connectivity index (χ0v) is 23.8. The Morgan fingerprint density at radius 1 is 0.935 bits per heavy atom. The second-order valence-electron chi connectivity index (χ2n) is 9.56.